The van der Waals surface area contributed by atoms with Gasteiger partial charge in [0.25, 0.3) is 0 Å². The van der Waals surface area contributed by atoms with Crippen molar-refractivity contribution in [2.75, 3.05) is 6.61 Å². The Hall–Kier alpha value is -1.42. The van der Waals surface area contributed by atoms with Gasteiger partial charge < -0.3 is 4.74 Å². The Morgan fingerprint density at radius 2 is 2.33 bits per heavy atom. The number of hydrogen-bond donors (Lipinski definition) is 0. The number of nitrogens with zero attached hydrogens (tertiary/aromatic N) is 3. The summed E-state index contributed by atoms with van der Waals surface area (Å²) in [6.07, 6.45) is 2.29. The molecule has 3 rings (SSSR count). The standard InChI is InChI=1S/C11H13N3O/c1-8-4-2-6-10-12-13-11(14(8)10)9-5-3-7-15-9/h2,4,6,9H,3,5,7H2,1H3. The zero-order valence-electron chi connectivity index (χ0n) is 8.68. The first-order chi connectivity index (χ1) is 7.36. The predicted molar refractivity (Wildman–Crippen MR) is 55.7 cm³/mol. The molecule has 1 saturated heterocycles. The minimum absolute atomic E-state index is 0.126. The molecule has 1 atom stereocenters. The van der Waals surface area contributed by atoms with Crippen molar-refractivity contribution >= 4 is 5.65 Å². The summed E-state index contributed by atoms with van der Waals surface area (Å²) in [5.41, 5.74) is 2.06. The second-order valence-electron chi connectivity index (χ2n) is 3.92. The molecule has 1 unspecified atom stereocenters. The zero-order valence-corrected chi connectivity index (χ0v) is 8.68. The first-order valence-corrected chi connectivity index (χ1v) is 5.28. The van der Waals surface area contributed by atoms with E-state index >= 15 is 0 Å². The van der Waals surface area contributed by atoms with Crippen LogP contribution in [0.3, 0.4) is 0 Å². The predicted octanol–water partition coefficient (Wildman–Crippen LogP) is 1.89. The van der Waals surface area contributed by atoms with Crippen molar-refractivity contribution < 1.29 is 4.74 Å². The number of aryl methyl sites for hydroxylation is 1. The summed E-state index contributed by atoms with van der Waals surface area (Å²) < 4.78 is 7.72. The lowest BCUT2D eigenvalue weighted by Crippen LogP contribution is -2.04. The van der Waals surface area contributed by atoms with Crippen molar-refractivity contribution in [2.24, 2.45) is 0 Å². The van der Waals surface area contributed by atoms with Gasteiger partial charge in [0.05, 0.1) is 0 Å². The van der Waals surface area contributed by atoms with Crippen LogP contribution in [0.5, 0.6) is 0 Å². The van der Waals surface area contributed by atoms with Gasteiger partial charge in [0.15, 0.2) is 11.5 Å². The van der Waals surface area contributed by atoms with Gasteiger partial charge in [-0.25, -0.2) is 0 Å². The third-order valence-electron chi connectivity index (χ3n) is 2.87. The van der Waals surface area contributed by atoms with Gasteiger partial charge in [0, 0.05) is 12.3 Å². The number of hydrogen-bond acceptors (Lipinski definition) is 3. The van der Waals surface area contributed by atoms with Gasteiger partial charge in [-0.2, -0.15) is 0 Å². The third kappa shape index (κ3) is 1.33. The van der Waals surface area contributed by atoms with Crippen LogP contribution in [0.4, 0.5) is 0 Å². The zero-order chi connectivity index (χ0) is 10.3. The number of pyridine rings is 1. The van der Waals surface area contributed by atoms with Crippen molar-refractivity contribution in [3.63, 3.8) is 0 Å². The lowest BCUT2D eigenvalue weighted by atomic mass is 10.2. The molecule has 0 aromatic carbocycles. The molecule has 0 amide bonds. The maximum atomic E-state index is 5.64. The third-order valence-corrected chi connectivity index (χ3v) is 2.87. The summed E-state index contributed by atoms with van der Waals surface area (Å²) >= 11 is 0. The van der Waals surface area contributed by atoms with Crippen LogP contribution in [0, 0.1) is 6.92 Å². The molecular formula is C11H13N3O. The minimum atomic E-state index is 0.126. The highest BCUT2D eigenvalue weighted by molar-refractivity contribution is 5.40. The summed E-state index contributed by atoms with van der Waals surface area (Å²) in [6.45, 7) is 2.90. The van der Waals surface area contributed by atoms with Crippen LogP contribution in [-0.2, 0) is 4.74 Å². The van der Waals surface area contributed by atoms with Gasteiger partial charge in [0.2, 0.25) is 0 Å². The molecule has 0 aliphatic carbocycles. The van der Waals surface area contributed by atoms with Crippen molar-refractivity contribution in [1.29, 1.82) is 0 Å². The summed E-state index contributed by atoms with van der Waals surface area (Å²) in [7, 11) is 0. The average molecular weight is 203 g/mol. The Balaban J connectivity index is 2.18. The van der Waals surface area contributed by atoms with E-state index < -0.39 is 0 Å². The van der Waals surface area contributed by atoms with Gasteiger partial charge in [-0.05, 0) is 31.9 Å². The van der Waals surface area contributed by atoms with Crippen LogP contribution >= 0.6 is 0 Å². The summed E-state index contributed by atoms with van der Waals surface area (Å²) in [5.74, 6) is 0.945. The Kier molecular flexibility index (Phi) is 1.95. The summed E-state index contributed by atoms with van der Waals surface area (Å²) in [5, 5.41) is 8.38. The number of ether oxygens (including phenoxy) is 1. The van der Waals surface area contributed by atoms with Gasteiger partial charge in [-0.15, -0.1) is 10.2 Å². The average Bonchev–Trinajstić information content (AvgIpc) is 2.85. The van der Waals surface area contributed by atoms with Crippen LogP contribution in [0.2, 0.25) is 0 Å². The second-order valence-corrected chi connectivity index (χ2v) is 3.92. The van der Waals surface area contributed by atoms with E-state index in [0.717, 1.165) is 36.6 Å². The molecule has 4 nitrogen and oxygen atoms in total. The number of fused-ring (bicyclic) bond motifs is 1. The molecule has 3 heterocycles. The van der Waals surface area contributed by atoms with Crippen LogP contribution in [0.25, 0.3) is 5.65 Å². The quantitative estimate of drug-likeness (QED) is 0.710. The fraction of sp³-hybridized carbons (Fsp3) is 0.455. The molecular weight excluding hydrogens is 190 g/mol. The van der Waals surface area contributed by atoms with Gasteiger partial charge in [-0.1, -0.05) is 6.07 Å². The fourth-order valence-electron chi connectivity index (χ4n) is 2.12. The van der Waals surface area contributed by atoms with Crippen molar-refractivity contribution in [3.8, 4) is 0 Å². The van der Waals surface area contributed by atoms with E-state index in [1.54, 1.807) is 0 Å². The molecule has 0 spiro atoms. The fourth-order valence-corrected chi connectivity index (χ4v) is 2.12. The van der Waals surface area contributed by atoms with E-state index in [9.17, 15) is 0 Å². The van der Waals surface area contributed by atoms with E-state index in [1.165, 1.54) is 0 Å². The van der Waals surface area contributed by atoms with Crippen molar-refractivity contribution in [1.82, 2.24) is 14.6 Å². The molecule has 1 aliphatic heterocycles. The highest BCUT2D eigenvalue weighted by Crippen LogP contribution is 2.27. The minimum Gasteiger partial charge on any atom is -0.370 e. The molecule has 0 N–H and O–H groups in total. The van der Waals surface area contributed by atoms with Crippen LogP contribution in [-0.4, -0.2) is 21.2 Å². The monoisotopic (exact) mass is 203 g/mol. The van der Waals surface area contributed by atoms with E-state index in [0.29, 0.717) is 0 Å². The van der Waals surface area contributed by atoms with E-state index in [-0.39, 0.29) is 6.10 Å². The number of aromatic nitrogens is 3. The van der Waals surface area contributed by atoms with Crippen LogP contribution in [0.15, 0.2) is 18.2 Å². The van der Waals surface area contributed by atoms with Gasteiger partial charge in [-0.3, -0.25) is 4.40 Å². The molecule has 0 radical (unpaired) electrons. The van der Waals surface area contributed by atoms with Crippen LogP contribution < -0.4 is 0 Å². The van der Waals surface area contributed by atoms with E-state index in [2.05, 4.69) is 27.6 Å². The molecule has 2 aromatic rings. The van der Waals surface area contributed by atoms with Gasteiger partial charge >= 0.3 is 0 Å². The van der Waals surface area contributed by atoms with E-state index in [4.69, 9.17) is 4.74 Å². The van der Waals surface area contributed by atoms with Crippen molar-refractivity contribution in [3.05, 3.63) is 29.7 Å². The maximum absolute atomic E-state index is 5.64. The Morgan fingerprint density at radius 3 is 3.13 bits per heavy atom. The summed E-state index contributed by atoms with van der Waals surface area (Å²) in [4.78, 5) is 0. The van der Waals surface area contributed by atoms with Crippen molar-refractivity contribution in [2.45, 2.75) is 25.9 Å². The Labute approximate surface area is 87.9 Å². The molecule has 15 heavy (non-hydrogen) atoms. The smallest absolute Gasteiger partial charge is 0.166 e. The normalized spacial score (nSPS) is 21.3. The largest absolute Gasteiger partial charge is 0.370 e. The second kappa shape index (κ2) is 3.31. The lowest BCUT2D eigenvalue weighted by Gasteiger charge is -2.08. The molecule has 1 aliphatic rings. The first kappa shape index (κ1) is 8.85. The highest BCUT2D eigenvalue weighted by atomic mass is 16.5. The SMILES string of the molecule is Cc1cccc2nnc(C3CCCO3)n12. The molecule has 0 bridgehead atoms. The first-order valence-electron chi connectivity index (χ1n) is 5.28. The summed E-state index contributed by atoms with van der Waals surface area (Å²) in [6, 6.07) is 6.03. The molecule has 78 valence electrons. The van der Waals surface area contributed by atoms with Gasteiger partial charge in [0.1, 0.15) is 6.10 Å². The molecule has 0 saturated carbocycles. The number of rotatable bonds is 1. The lowest BCUT2D eigenvalue weighted by molar-refractivity contribution is 0.104. The van der Waals surface area contributed by atoms with E-state index in [1.807, 2.05) is 12.1 Å². The maximum Gasteiger partial charge on any atom is 0.166 e. The molecule has 1 fully saturated rings. The molecule has 2 aromatic heterocycles. The Bertz CT molecular complexity index is 486. The Morgan fingerprint density at radius 1 is 1.40 bits per heavy atom. The highest BCUT2D eigenvalue weighted by Gasteiger charge is 2.23. The topological polar surface area (TPSA) is 39.4 Å². The molecule has 4 heteroatoms. The van der Waals surface area contributed by atoms with Crippen LogP contribution in [0.1, 0.15) is 30.5 Å².